The van der Waals surface area contributed by atoms with Crippen molar-refractivity contribution in [3.63, 3.8) is 0 Å². The fraction of sp³-hybridized carbons (Fsp3) is 0.0417. The highest BCUT2D eigenvalue weighted by Gasteiger charge is 2.15. The molecule has 0 aliphatic heterocycles. The summed E-state index contributed by atoms with van der Waals surface area (Å²) in [5, 5.41) is 9.24. The van der Waals surface area contributed by atoms with E-state index >= 15 is 0 Å². The molecule has 2 N–H and O–H groups in total. The molecule has 3 aromatic carbocycles. The van der Waals surface area contributed by atoms with Gasteiger partial charge in [-0.1, -0.05) is 54.6 Å². The molecule has 0 aromatic heterocycles. The number of hydrazine groups is 1. The van der Waals surface area contributed by atoms with Gasteiger partial charge in [-0.25, -0.2) is 4.39 Å². The Hall–Kier alpha value is -4.44. The molecule has 0 spiro atoms. The first kappa shape index (κ1) is 21.3. The van der Waals surface area contributed by atoms with E-state index in [0.29, 0.717) is 11.3 Å². The summed E-state index contributed by atoms with van der Waals surface area (Å²) in [4.78, 5) is 24.8. The number of nitrogens with zero attached hydrogens (tertiary/aromatic N) is 1. The van der Waals surface area contributed by atoms with Crippen molar-refractivity contribution in [1.82, 2.24) is 10.9 Å². The van der Waals surface area contributed by atoms with Crippen molar-refractivity contribution in [1.29, 1.82) is 5.26 Å². The lowest BCUT2D eigenvalue weighted by Crippen LogP contribution is -2.42. The van der Waals surface area contributed by atoms with E-state index in [1.165, 1.54) is 24.3 Å². The lowest BCUT2D eigenvalue weighted by molar-refractivity contribution is -0.117. The first-order valence-corrected chi connectivity index (χ1v) is 9.30. The number of benzene rings is 3. The van der Waals surface area contributed by atoms with E-state index in [2.05, 4.69) is 10.9 Å². The number of para-hydroxylation sites is 1. The highest BCUT2D eigenvalue weighted by molar-refractivity contribution is 6.04. The molecule has 0 aliphatic rings. The van der Waals surface area contributed by atoms with Crippen molar-refractivity contribution in [2.24, 2.45) is 0 Å². The molecule has 0 unspecified atom stereocenters. The van der Waals surface area contributed by atoms with Crippen LogP contribution in [0, 0.1) is 17.1 Å². The van der Waals surface area contributed by atoms with E-state index in [4.69, 9.17) is 4.74 Å². The molecule has 0 heterocycles. The topological polar surface area (TPSA) is 91.2 Å². The van der Waals surface area contributed by atoms with Gasteiger partial charge in [-0.05, 0) is 41.5 Å². The third-order valence-electron chi connectivity index (χ3n) is 4.20. The number of nitrogens with one attached hydrogen (secondary N) is 2. The fourth-order valence-electron chi connectivity index (χ4n) is 2.63. The number of carbonyl (C=O) groups is 2. The van der Waals surface area contributed by atoms with E-state index in [9.17, 15) is 19.2 Å². The summed E-state index contributed by atoms with van der Waals surface area (Å²) in [6.07, 6.45) is 1.42. The van der Waals surface area contributed by atoms with Crippen LogP contribution in [0.2, 0.25) is 0 Å². The van der Waals surface area contributed by atoms with Gasteiger partial charge in [-0.2, -0.15) is 5.26 Å². The zero-order valence-corrected chi connectivity index (χ0v) is 16.3. The standard InChI is InChI=1S/C24H18FN3O3/c25-20-12-10-18(11-13-20)16-31-22-9-5-4-8-21(22)24(30)28-27-23(29)19(15-26)14-17-6-2-1-3-7-17/h1-14H,16H2,(H,27,29)(H,28,30)/b19-14+. The van der Waals surface area contributed by atoms with Crippen LogP contribution in [-0.4, -0.2) is 11.8 Å². The number of amides is 2. The monoisotopic (exact) mass is 415 g/mol. The third-order valence-corrected chi connectivity index (χ3v) is 4.20. The van der Waals surface area contributed by atoms with E-state index in [1.807, 2.05) is 12.1 Å². The van der Waals surface area contributed by atoms with Gasteiger partial charge in [0.05, 0.1) is 5.56 Å². The minimum Gasteiger partial charge on any atom is -0.488 e. The van der Waals surface area contributed by atoms with Gasteiger partial charge >= 0.3 is 0 Å². The normalized spacial score (nSPS) is 10.6. The van der Waals surface area contributed by atoms with E-state index in [1.54, 1.807) is 54.6 Å². The minimum atomic E-state index is -0.746. The van der Waals surface area contributed by atoms with Gasteiger partial charge in [0.1, 0.15) is 29.8 Å². The van der Waals surface area contributed by atoms with Crippen LogP contribution in [0.1, 0.15) is 21.5 Å². The van der Waals surface area contributed by atoms with Gasteiger partial charge in [0.15, 0.2) is 0 Å². The van der Waals surface area contributed by atoms with Crippen LogP contribution in [0.4, 0.5) is 4.39 Å². The number of ether oxygens (including phenoxy) is 1. The summed E-state index contributed by atoms with van der Waals surface area (Å²) in [5.41, 5.74) is 5.96. The van der Waals surface area contributed by atoms with Gasteiger partial charge in [-0.3, -0.25) is 20.4 Å². The average molecular weight is 415 g/mol. The molecule has 31 heavy (non-hydrogen) atoms. The van der Waals surface area contributed by atoms with Gasteiger partial charge in [0.2, 0.25) is 0 Å². The smallest absolute Gasteiger partial charge is 0.280 e. The third kappa shape index (κ3) is 6.02. The second-order valence-corrected chi connectivity index (χ2v) is 6.40. The summed E-state index contributed by atoms with van der Waals surface area (Å²) in [6, 6.07) is 23.0. The maximum atomic E-state index is 13.0. The molecule has 154 valence electrons. The number of carbonyl (C=O) groups excluding carboxylic acids is 2. The van der Waals surface area contributed by atoms with Crippen molar-refractivity contribution in [2.75, 3.05) is 0 Å². The van der Waals surface area contributed by atoms with Crippen LogP contribution >= 0.6 is 0 Å². The van der Waals surface area contributed by atoms with Crippen molar-refractivity contribution in [3.05, 3.63) is 107 Å². The van der Waals surface area contributed by atoms with Gasteiger partial charge < -0.3 is 4.74 Å². The summed E-state index contributed by atoms with van der Waals surface area (Å²) in [6.45, 7) is 0.134. The Kier molecular flexibility index (Phi) is 7.12. The van der Waals surface area contributed by atoms with Crippen molar-refractivity contribution < 1.29 is 18.7 Å². The number of halogens is 1. The summed E-state index contributed by atoms with van der Waals surface area (Å²) >= 11 is 0. The molecule has 0 aliphatic carbocycles. The molecule has 6 nitrogen and oxygen atoms in total. The highest BCUT2D eigenvalue weighted by Crippen LogP contribution is 2.19. The number of rotatable bonds is 6. The first-order chi connectivity index (χ1) is 15.1. The quantitative estimate of drug-likeness (QED) is 0.364. The Morgan fingerprint density at radius 2 is 1.61 bits per heavy atom. The molecule has 7 heteroatoms. The van der Waals surface area contributed by atoms with Gasteiger partial charge in [-0.15, -0.1) is 0 Å². The predicted molar refractivity (Wildman–Crippen MR) is 113 cm³/mol. The van der Waals surface area contributed by atoms with Crippen molar-refractivity contribution in [2.45, 2.75) is 6.61 Å². The van der Waals surface area contributed by atoms with Crippen molar-refractivity contribution >= 4 is 17.9 Å². The molecule has 0 saturated heterocycles. The zero-order chi connectivity index (χ0) is 22.1. The van der Waals surface area contributed by atoms with Crippen LogP contribution in [0.25, 0.3) is 6.08 Å². The van der Waals surface area contributed by atoms with Crippen LogP contribution in [-0.2, 0) is 11.4 Å². The maximum absolute atomic E-state index is 13.0. The second kappa shape index (κ2) is 10.4. The van der Waals surface area contributed by atoms with Crippen LogP contribution < -0.4 is 15.6 Å². The molecule has 0 fully saturated rings. The number of hydrogen-bond acceptors (Lipinski definition) is 4. The Morgan fingerprint density at radius 1 is 0.935 bits per heavy atom. The summed E-state index contributed by atoms with van der Waals surface area (Å²) in [5.74, 6) is -1.42. The number of hydrogen-bond donors (Lipinski definition) is 2. The van der Waals surface area contributed by atoms with Gasteiger partial charge in [0, 0.05) is 0 Å². The first-order valence-electron chi connectivity index (χ1n) is 9.30. The minimum absolute atomic E-state index is 0.134. The Labute approximate surface area is 178 Å². The zero-order valence-electron chi connectivity index (χ0n) is 16.3. The molecule has 3 rings (SSSR count). The Bertz CT molecular complexity index is 1140. The average Bonchev–Trinajstić information content (AvgIpc) is 2.81. The summed E-state index contributed by atoms with van der Waals surface area (Å²) in [7, 11) is 0. The molecular weight excluding hydrogens is 397 g/mol. The lowest BCUT2D eigenvalue weighted by atomic mass is 10.1. The highest BCUT2D eigenvalue weighted by atomic mass is 19.1. The Balaban J connectivity index is 1.64. The molecule has 0 bridgehead atoms. The van der Waals surface area contributed by atoms with Crippen molar-refractivity contribution in [3.8, 4) is 11.8 Å². The van der Waals surface area contributed by atoms with Crippen LogP contribution in [0.5, 0.6) is 5.75 Å². The number of nitriles is 1. The van der Waals surface area contributed by atoms with E-state index in [0.717, 1.165) is 5.56 Å². The second-order valence-electron chi connectivity index (χ2n) is 6.40. The van der Waals surface area contributed by atoms with Crippen LogP contribution in [0.3, 0.4) is 0 Å². The Morgan fingerprint density at radius 3 is 2.32 bits per heavy atom. The maximum Gasteiger partial charge on any atom is 0.280 e. The molecule has 2 amide bonds. The van der Waals surface area contributed by atoms with E-state index < -0.39 is 11.8 Å². The molecule has 0 radical (unpaired) electrons. The fourth-order valence-corrected chi connectivity index (χ4v) is 2.63. The molecular formula is C24H18FN3O3. The van der Waals surface area contributed by atoms with Gasteiger partial charge in [0.25, 0.3) is 11.8 Å². The molecule has 0 atom stereocenters. The predicted octanol–water partition coefficient (Wildman–Crippen LogP) is 3.77. The lowest BCUT2D eigenvalue weighted by Gasteiger charge is -2.12. The SMILES string of the molecule is N#C/C(=C\c1ccccc1)C(=O)NNC(=O)c1ccccc1OCc1ccc(F)cc1. The molecule has 0 saturated carbocycles. The van der Waals surface area contributed by atoms with E-state index in [-0.39, 0.29) is 23.6 Å². The molecule has 3 aromatic rings. The summed E-state index contributed by atoms with van der Waals surface area (Å²) < 4.78 is 18.7. The van der Waals surface area contributed by atoms with Crippen LogP contribution in [0.15, 0.2) is 84.4 Å². The largest absolute Gasteiger partial charge is 0.488 e.